The van der Waals surface area contributed by atoms with Gasteiger partial charge in [0, 0.05) is 24.5 Å². The molecule has 1 rings (SSSR count). The molecule has 0 bridgehead atoms. The number of benzene rings is 1. The van der Waals surface area contributed by atoms with Crippen LogP contribution in [0.5, 0.6) is 0 Å². The summed E-state index contributed by atoms with van der Waals surface area (Å²) in [5.74, 6) is 0.341. The summed E-state index contributed by atoms with van der Waals surface area (Å²) in [7, 11) is 0. The summed E-state index contributed by atoms with van der Waals surface area (Å²) < 4.78 is 37.3. The van der Waals surface area contributed by atoms with E-state index in [0.717, 1.165) is 12.1 Å². The number of hydrogen-bond donors (Lipinski definition) is 2. The van der Waals surface area contributed by atoms with Gasteiger partial charge in [0.05, 0.1) is 5.56 Å². The van der Waals surface area contributed by atoms with Gasteiger partial charge in [-0.05, 0) is 36.4 Å². The fraction of sp³-hybridized carbons (Fsp3) is 0.400. The Kier molecular flexibility index (Phi) is 7.47. The molecule has 1 atom stereocenters. The first-order valence-electron chi connectivity index (χ1n) is 6.62. The van der Waals surface area contributed by atoms with Crippen molar-refractivity contribution in [1.29, 1.82) is 0 Å². The number of aliphatic hydroxyl groups is 1. The molecule has 7 heteroatoms. The van der Waals surface area contributed by atoms with Gasteiger partial charge in [-0.15, -0.1) is 0 Å². The molecule has 0 aliphatic carbocycles. The van der Waals surface area contributed by atoms with Crippen LogP contribution in [-0.4, -0.2) is 35.7 Å². The minimum absolute atomic E-state index is 0.0197. The average Bonchev–Trinajstić information content (AvgIpc) is 2.45. The maximum atomic E-state index is 12.4. The van der Waals surface area contributed by atoms with Crippen LogP contribution in [0.4, 0.5) is 13.2 Å². The fourth-order valence-electron chi connectivity index (χ4n) is 1.76. The second kappa shape index (κ2) is 8.85. The van der Waals surface area contributed by atoms with Gasteiger partial charge in [-0.25, -0.2) is 0 Å². The molecule has 1 unspecified atom stereocenters. The van der Waals surface area contributed by atoms with Crippen molar-refractivity contribution in [3.8, 4) is 0 Å². The second-order valence-electron chi connectivity index (χ2n) is 4.63. The molecule has 0 spiro atoms. The lowest BCUT2D eigenvalue weighted by atomic mass is 10.1. The summed E-state index contributed by atoms with van der Waals surface area (Å²) in [5.41, 5.74) is -0.219. The zero-order valence-electron chi connectivity index (χ0n) is 12.1. The van der Waals surface area contributed by atoms with E-state index in [9.17, 15) is 18.0 Å². The SMILES string of the molecule is CSCC(CCO)NC(=O)/C=C/c1ccc(C(F)(F)F)cc1. The minimum Gasteiger partial charge on any atom is -0.396 e. The first-order chi connectivity index (χ1) is 10.4. The number of carbonyl (C=O) groups excluding carboxylic acids is 1. The maximum Gasteiger partial charge on any atom is 0.416 e. The van der Waals surface area contributed by atoms with E-state index in [0.29, 0.717) is 17.7 Å². The Morgan fingerprint density at radius 2 is 2.00 bits per heavy atom. The highest BCUT2D eigenvalue weighted by atomic mass is 32.2. The third-order valence-electron chi connectivity index (χ3n) is 2.86. The second-order valence-corrected chi connectivity index (χ2v) is 5.54. The smallest absolute Gasteiger partial charge is 0.396 e. The van der Waals surface area contributed by atoms with Crippen LogP contribution in [0, 0.1) is 0 Å². The highest BCUT2D eigenvalue weighted by Gasteiger charge is 2.29. The van der Waals surface area contributed by atoms with Gasteiger partial charge >= 0.3 is 6.18 Å². The molecule has 3 nitrogen and oxygen atoms in total. The third-order valence-corrected chi connectivity index (χ3v) is 3.59. The first kappa shape index (κ1) is 18.6. The van der Waals surface area contributed by atoms with Crippen LogP contribution in [0.15, 0.2) is 30.3 Å². The number of amides is 1. The molecule has 1 amide bonds. The number of aliphatic hydroxyl groups excluding tert-OH is 1. The number of hydrogen-bond acceptors (Lipinski definition) is 3. The Balaban J connectivity index is 2.61. The number of nitrogens with one attached hydrogen (secondary N) is 1. The van der Waals surface area contributed by atoms with E-state index in [1.54, 1.807) is 11.8 Å². The summed E-state index contributed by atoms with van der Waals surface area (Å²) in [6.07, 6.45) is 0.710. The van der Waals surface area contributed by atoms with Crippen molar-refractivity contribution in [2.24, 2.45) is 0 Å². The van der Waals surface area contributed by atoms with Crippen molar-refractivity contribution in [3.05, 3.63) is 41.5 Å². The first-order valence-corrected chi connectivity index (χ1v) is 8.02. The van der Waals surface area contributed by atoms with Crippen LogP contribution >= 0.6 is 11.8 Å². The van der Waals surface area contributed by atoms with E-state index < -0.39 is 11.7 Å². The van der Waals surface area contributed by atoms with Gasteiger partial charge < -0.3 is 10.4 Å². The Morgan fingerprint density at radius 1 is 1.36 bits per heavy atom. The molecule has 0 aliphatic rings. The number of halogens is 3. The number of carbonyl (C=O) groups is 1. The Bertz CT molecular complexity index is 495. The van der Waals surface area contributed by atoms with Gasteiger partial charge in [-0.1, -0.05) is 12.1 Å². The van der Waals surface area contributed by atoms with Crippen molar-refractivity contribution >= 4 is 23.7 Å². The van der Waals surface area contributed by atoms with Crippen LogP contribution in [0.25, 0.3) is 6.08 Å². The van der Waals surface area contributed by atoms with Gasteiger partial charge in [0.25, 0.3) is 0 Å². The van der Waals surface area contributed by atoms with Crippen LogP contribution < -0.4 is 5.32 Å². The van der Waals surface area contributed by atoms with Crippen LogP contribution in [-0.2, 0) is 11.0 Å². The van der Waals surface area contributed by atoms with Crippen LogP contribution in [0.3, 0.4) is 0 Å². The average molecular weight is 333 g/mol. The number of alkyl halides is 3. The lowest BCUT2D eigenvalue weighted by molar-refractivity contribution is -0.137. The molecule has 0 radical (unpaired) electrons. The number of thioether (sulfide) groups is 1. The van der Waals surface area contributed by atoms with Crippen molar-refractivity contribution < 1.29 is 23.1 Å². The van der Waals surface area contributed by atoms with E-state index in [4.69, 9.17) is 5.11 Å². The minimum atomic E-state index is -4.37. The molecule has 0 aromatic heterocycles. The third kappa shape index (κ3) is 6.53. The van der Waals surface area contributed by atoms with Crippen molar-refractivity contribution in [3.63, 3.8) is 0 Å². The van der Waals surface area contributed by atoms with Gasteiger partial charge in [-0.2, -0.15) is 24.9 Å². The van der Waals surface area contributed by atoms with E-state index >= 15 is 0 Å². The Morgan fingerprint density at radius 3 is 2.50 bits per heavy atom. The predicted octanol–water partition coefficient (Wildman–Crippen LogP) is 2.95. The fourth-order valence-corrected chi connectivity index (χ4v) is 2.41. The van der Waals surface area contributed by atoms with Crippen molar-refractivity contribution in [1.82, 2.24) is 5.32 Å². The molecule has 0 fully saturated rings. The highest BCUT2D eigenvalue weighted by molar-refractivity contribution is 7.98. The molecule has 2 N–H and O–H groups in total. The molecule has 1 aromatic rings. The molecular formula is C15H18F3NO2S. The quantitative estimate of drug-likeness (QED) is 0.754. The summed E-state index contributed by atoms with van der Waals surface area (Å²) in [6, 6.07) is 4.42. The van der Waals surface area contributed by atoms with Gasteiger partial charge in [0.1, 0.15) is 0 Å². The van der Waals surface area contributed by atoms with E-state index in [1.807, 2.05) is 6.26 Å². The van der Waals surface area contributed by atoms with E-state index in [1.165, 1.54) is 24.3 Å². The molecule has 0 saturated carbocycles. The lowest BCUT2D eigenvalue weighted by Gasteiger charge is -2.15. The molecular weight excluding hydrogens is 315 g/mol. The monoisotopic (exact) mass is 333 g/mol. The van der Waals surface area contributed by atoms with Gasteiger partial charge in [-0.3, -0.25) is 4.79 Å². The lowest BCUT2D eigenvalue weighted by Crippen LogP contribution is -2.36. The zero-order chi connectivity index (χ0) is 16.6. The van der Waals surface area contributed by atoms with E-state index in [2.05, 4.69) is 5.32 Å². The summed E-state index contributed by atoms with van der Waals surface area (Å²) in [6.45, 7) is -0.0197. The molecule has 22 heavy (non-hydrogen) atoms. The standard InChI is InChI=1S/C15H18F3NO2S/c1-22-10-13(8-9-20)19-14(21)7-4-11-2-5-12(6-3-11)15(16,17)18/h2-7,13,20H,8-10H2,1H3,(H,19,21)/b7-4+. The summed E-state index contributed by atoms with van der Waals surface area (Å²) in [5, 5.41) is 11.6. The summed E-state index contributed by atoms with van der Waals surface area (Å²) >= 11 is 1.55. The van der Waals surface area contributed by atoms with Crippen LogP contribution in [0.1, 0.15) is 17.5 Å². The van der Waals surface area contributed by atoms with Crippen LogP contribution in [0.2, 0.25) is 0 Å². The normalized spacial score (nSPS) is 13.3. The molecule has 0 heterocycles. The van der Waals surface area contributed by atoms with Gasteiger partial charge in [0.2, 0.25) is 5.91 Å². The molecule has 0 aliphatic heterocycles. The Hall–Kier alpha value is -1.47. The highest BCUT2D eigenvalue weighted by Crippen LogP contribution is 2.29. The summed E-state index contributed by atoms with van der Waals surface area (Å²) in [4.78, 5) is 11.7. The molecule has 122 valence electrons. The van der Waals surface area contributed by atoms with Crippen molar-refractivity contribution in [2.45, 2.75) is 18.6 Å². The van der Waals surface area contributed by atoms with Crippen molar-refractivity contribution in [2.75, 3.05) is 18.6 Å². The predicted molar refractivity (Wildman–Crippen MR) is 82.5 cm³/mol. The van der Waals surface area contributed by atoms with Gasteiger partial charge in [0.15, 0.2) is 0 Å². The number of rotatable bonds is 7. The largest absolute Gasteiger partial charge is 0.416 e. The topological polar surface area (TPSA) is 49.3 Å². The molecule has 1 aromatic carbocycles. The maximum absolute atomic E-state index is 12.4. The molecule has 0 saturated heterocycles. The zero-order valence-corrected chi connectivity index (χ0v) is 12.9. The Labute approximate surface area is 131 Å². The van der Waals surface area contributed by atoms with E-state index in [-0.39, 0.29) is 18.6 Å².